The number of ether oxygens (including phenoxy) is 1. The molecule has 0 fully saturated rings. The van der Waals surface area contributed by atoms with Crippen LogP contribution in [0.2, 0.25) is 0 Å². The summed E-state index contributed by atoms with van der Waals surface area (Å²) in [6, 6.07) is 10.2. The fraction of sp³-hybridized carbons (Fsp3) is 0.562. The molecule has 112 valence electrons. The number of unbranched alkanes of at least 4 members (excludes halogenated alkanes) is 1. The van der Waals surface area contributed by atoms with E-state index in [0.29, 0.717) is 0 Å². The van der Waals surface area contributed by atoms with E-state index in [4.69, 9.17) is 4.74 Å². The van der Waals surface area contributed by atoms with Crippen molar-refractivity contribution < 1.29 is 9.53 Å². The van der Waals surface area contributed by atoms with Crippen LogP contribution in [0.1, 0.15) is 58.6 Å². The van der Waals surface area contributed by atoms with E-state index in [9.17, 15) is 4.79 Å². The highest BCUT2D eigenvalue weighted by Crippen LogP contribution is 2.18. The Kier molecular flexibility index (Phi) is 6.52. The van der Waals surface area contributed by atoms with E-state index in [1.807, 2.05) is 39.0 Å². The summed E-state index contributed by atoms with van der Waals surface area (Å²) in [4.78, 5) is 11.7. The monoisotopic (exact) mass is 278 g/mol. The Morgan fingerprint density at radius 2 is 1.90 bits per heavy atom. The second-order valence-corrected chi connectivity index (χ2v) is 5.88. The molecule has 0 aromatic heterocycles. The zero-order chi connectivity index (χ0) is 15.0. The summed E-state index contributed by atoms with van der Waals surface area (Å²) in [5.41, 5.74) is 6.38. The lowest BCUT2D eigenvalue weighted by Gasteiger charge is -2.23. The van der Waals surface area contributed by atoms with Gasteiger partial charge in [-0.05, 0) is 32.8 Å². The quantitative estimate of drug-likeness (QED) is 0.775. The summed E-state index contributed by atoms with van der Waals surface area (Å²) in [5, 5.41) is 0. The van der Waals surface area contributed by atoms with Gasteiger partial charge in [0.1, 0.15) is 5.60 Å². The molecule has 1 aromatic rings. The first-order valence-corrected chi connectivity index (χ1v) is 7.22. The molecule has 0 spiro atoms. The van der Waals surface area contributed by atoms with Crippen LogP contribution in [0.15, 0.2) is 30.3 Å². The Morgan fingerprint density at radius 3 is 2.45 bits per heavy atom. The van der Waals surface area contributed by atoms with Crippen molar-refractivity contribution in [2.75, 3.05) is 0 Å². The van der Waals surface area contributed by atoms with Gasteiger partial charge in [-0.15, -0.1) is 0 Å². The molecule has 1 aromatic carbocycles. The van der Waals surface area contributed by atoms with Gasteiger partial charge in [-0.25, -0.2) is 10.2 Å². The minimum atomic E-state index is -0.489. The Balaban J connectivity index is 2.55. The molecule has 4 nitrogen and oxygen atoms in total. The fourth-order valence-corrected chi connectivity index (χ4v) is 1.87. The van der Waals surface area contributed by atoms with Crippen LogP contribution in [-0.2, 0) is 4.74 Å². The molecule has 1 rings (SSSR count). The van der Waals surface area contributed by atoms with Gasteiger partial charge < -0.3 is 4.74 Å². The summed E-state index contributed by atoms with van der Waals surface area (Å²) in [6.45, 7) is 7.69. The van der Waals surface area contributed by atoms with Gasteiger partial charge in [-0.2, -0.15) is 0 Å². The number of hydrazine groups is 1. The lowest BCUT2D eigenvalue weighted by atomic mass is 10.0. The van der Waals surface area contributed by atoms with E-state index in [1.54, 1.807) is 0 Å². The standard InChI is InChI=1S/C16H26N2O2/c1-5-6-12-14(13-10-8-7-9-11-13)17-18-15(19)20-16(2,3)4/h7-11,14,17H,5-6,12H2,1-4H3,(H,18,19). The molecular formula is C16H26N2O2. The van der Waals surface area contributed by atoms with Crippen molar-refractivity contribution in [3.8, 4) is 0 Å². The number of carbonyl (C=O) groups excluding carboxylic acids is 1. The van der Waals surface area contributed by atoms with Gasteiger partial charge in [-0.3, -0.25) is 5.43 Å². The smallest absolute Gasteiger partial charge is 0.422 e. The maximum absolute atomic E-state index is 11.7. The van der Waals surface area contributed by atoms with Crippen LogP contribution >= 0.6 is 0 Å². The third-order valence-corrected chi connectivity index (χ3v) is 2.80. The van der Waals surface area contributed by atoms with Crippen LogP contribution in [0.5, 0.6) is 0 Å². The third kappa shape index (κ3) is 6.57. The molecule has 0 aliphatic heterocycles. The molecule has 1 unspecified atom stereocenters. The first-order chi connectivity index (χ1) is 9.42. The maximum Gasteiger partial charge on any atom is 0.422 e. The molecule has 0 aliphatic carbocycles. The number of carbonyl (C=O) groups is 1. The second-order valence-electron chi connectivity index (χ2n) is 5.88. The zero-order valence-corrected chi connectivity index (χ0v) is 12.9. The predicted octanol–water partition coefficient (Wildman–Crippen LogP) is 3.95. The number of amides is 1. The fourth-order valence-electron chi connectivity index (χ4n) is 1.87. The first-order valence-electron chi connectivity index (χ1n) is 7.22. The van der Waals surface area contributed by atoms with E-state index < -0.39 is 11.7 Å². The SMILES string of the molecule is CCCCC(NNC(=O)OC(C)(C)C)c1ccccc1. The van der Waals surface area contributed by atoms with Crippen LogP contribution in [0.25, 0.3) is 0 Å². The van der Waals surface area contributed by atoms with E-state index in [1.165, 1.54) is 0 Å². The normalized spacial score (nSPS) is 12.8. The average Bonchev–Trinajstić information content (AvgIpc) is 2.38. The minimum Gasteiger partial charge on any atom is -0.443 e. The van der Waals surface area contributed by atoms with Gasteiger partial charge in [0.25, 0.3) is 0 Å². The van der Waals surface area contributed by atoms with Crippen molar-refractivity contribution in [2.24, 2.45) is 0 Å². The van der Waals surface area contributed by atoms with Gasteiger partial charge in [0.2, 0.25) is 0 Å². The molecule has 4 heteroatoms. The Hall–Kier alpha value is -1.55. The molecule has 20 heavy (non-hydrogen) atoms. The van der Waals surface area contributed by atoms with Crippen molar-refractivity contribution in [1.82, 2.24) is 10.9 Å². The Morgan fingerprint density at radius 1 is 1.25 bits per heavy atom. The predicted molar refractivity (Wildman–Crippen MR) is 81.2 cm³/mol. The molecule has 2 N–H and O–H groups in total. The molecule has 0 radical (unpaired) electrons. The van der Waals surface area contributed by atoms with Gasteiger partial charge >= 0.3 is 6.09 Å². The summed E-state index contributed by atoms with van der Waals surface area (Å²) in [5.74, 6) is 0. The van der Waals surface area contributed by atoms with Crippen LogP contribution in [0.4, 0.5) is 4.79 Å². The lowest BCUT2D eigenvalue weighted by molar-refractivity contribution is 0.0486. The molecule has 0 saturated heterocycles. The number of hydrogen-bond donors (Lipinski definition) is 2. The largest absolute Gasteiger partial charge is 0.443 e. The van der Waals surface area contributed by atoms with E-state index >= 15 is 0 Å². The minimum absolute atomic E-state index is 0.101. The number of nitrogens with one attached hydrogen (secondary N) is 2. The van der Waals surface area contributed by atoms with Crippen molar-refractivity contribution in [2.45, 2.75) is 58.6 Å². The average molecular weight is 278 g/mol. The van der Waals surface area contributed by atoms with Gasteiger partial charge in [0.05, 0.1) is 6.04 Å². The molecule has 0 bridgehead atoms. The molecule has 1 amide bonds. The van der Waals surface area contributed by atoms with Crippen molar-refractivity contribution in [3.05, 3.63) is 35.9 Å². The molecule has 1 atom stereocenters. The van der Waals surface area contributed by atoms with Crippen LogP contribution in [-0.4, -0.2) is 11.7 Å². The van der Waals surface area contributed by atoms with Crippen LogP contribution in [0.3, 0.4) is 0 Å². The second kappa shape index (κ2) is 7.90. The summed E-state index contributed by atoms with van der Waals surface area (Å²) in [7, 11) is 0. The molecule has 0 saturated carbocycles. The van der Waals surface area contributed by atoms with Gasteiger partial charge in [-0.1, -0.05) is 50.1 Å². The lowest BCUT2D eigenvalue weighted by Crippen LogP contribution is -2.43. The van der Waals surface area contributed by atoms with E-state index in [-0.39, 0.29) is 6.04 Å². The number of benzene rings is 1. The zero-order valence-electron chi connectivity index (χ0n) is 12.9. The highest BCUT2D eigenvalue weighted by molar-refractivity contribution is 5.67. The van der Waals surface area contributed by atoms with E-state index in [2.05, 4.69) is 29.9 Å². The first kappa shape index (κ1) is 16.5. The highest BCUT2D eigenvalue weighted by Gasteiger charge is 2.17. The third-order valence-electron chi connectivity index (χ3n) is 2.80. The van der Waals surface area contributed by atoms with Crippen molar-refractivity contribution in [3.63, 3.8) is 0 Å². The summed E-state index contributed by atoms with van der Waals surface area (Å²) in [6.07, 6.45) is 2.74. The maximum atomic E-state index is 11.7. The molecular weight excluding hydrogens is 252 g/mol. The summed E-state index contributed by atoms with van der Waals surface area (Å²) >= 11 is 0. The van der Waals surface area contributed by atoms with E-state index in [0.717, 1.165) is 24.8 Å². The van der Waals surface area contributed by atoms with Crippen molar-refractivity contribution in [1.29, 1.82) is 0 Å². The summed E-state index contributed by atoms with van der Waals surface area (Å²) < 4.78 is 5.22. The number of rotatable bonds is 6. The Labute approximate surface area is 121 Å². The van der Waals surface area contributed by atoms with Crippen LogP contribution in [0, 0.1) is 0 Å². The highest BCUT2D eigenvalue weighted by atomic mass is 16.6. The number of hydrogen-bond acceptors (Lipinski definition) is 3. The van der Waals surface area contributed by atoms with Gasteiger partial charge in [0, 0.05) is 0 Å². The Bertz CT molecular complexity index is 399. The molecule has 0 aliphatic rings. The molecule has 0 heterocycles. The topological polar surface area (TPSA) is 50.4 Å². The van der Waals surface area contributed by atoms with Crippen LogP contribution < -0.4 is 10.9 Å². The van der Waals surface area contributed by atoms with Gasteiger partial charge in [0.15, 0.2) is 0 Å². The van der Waals surface area contributed by atoms with Crippen molar-refractivity contribution >= 4 is 6.09 Å².